The summed E-state index contributed by atoms with van der Waals surface area (Å²) >= 11 is 6.06. The van der Waals surface area contributed by atoms with E-state index in [9.17, 15) is 4.79 Å². The third kappa shape index (κ3) is 3.64. The first kappa shape index (κ1) is 14.8. The van der Waals surface area contributed by atoms with Crippen molar-refractivity contribution in [2.75, 3.05) is 19.4 Å². The molecule has 1 unspecified atom stereocenters. The van der Waals surface area contributed by atoms with E-state index >= 15 is 0 Å². The minimum absolute atomic E-state index is 0.0825. The zero-order chi connectivity index (χ0) is 13.9. The molecule has 1 N–H and O–H groups in total. The summed E-state index contributed by atoms with van der Waals surface area (Å²) in [5, 5.41) is 3.86. The fourth-order valence-electron chi connectivity index (χ4n) is 1.45. The van der Waals surface area contributed by atoms with E-state index < -0.39 is 0 Å². The van der Waals surface area contributed by atoms with E-state index in [1.807, 2.05) is 12.1 Å². The predicted octanol–water partition coefficient (Wildman–Crippen LogP) is 3.50. The van der Waals surface area contributed by atoms with Crippen LogP contribution in [0.4, 0.5) is 5.69 Å². The van der Waals surface area contributed by atoms with E-state index in [2.05, 4.69) is 26.1 Å². The Labute approximate surface area is 114 Å². The molecule has 1 aromatic carbocycles. The van der Waals surface area contributed by atoms with Crippen LogP contribution in [0.3, 0.4) is 0 Å². The van der Waals surface area contributed by atoms with Gasteiger partial charge < -0.3 is 10.2 Å². The van der Waals surface area contributed by atoms with Gasteiger partial charge in [-0.25, -0.2) is 0 Å². The maximum absolute atomic E-state index is 12.0. The van der Waals surface area contributed by atoms with Gasteiger partial charge in [-0.05, 0) is 31.0 Å². The van der Waals surface area contributed by atoms with Crippen LogP contribution in [0.1, 0.15) is 31.1 Å². The van der Waals surface area contributed by atoms with Crippen LogP contribution in [-0.2, 0) is 0 Å². The molecule has 1 atom stereocenters. The number of carbonyl (C=O) groups is 1. The van der Waals surface area contributed by atoms with E-state index in [1.54, 1.807) is 20.2 Å². The Morgan fingerprint density at radius 2 is 1.89 bits per heavy atom. The summed E-state index contributed by atoms with van der Waals surface area (Å²) in [5.74, 6) is 0.439. The Kier molecular flexibility index (Phi) is 5.03. The molecule has 1 rings (SSSR count). The molecule has 100 valence electrons. The molecular weight excluding hydrogens is 248 g/mol. The molecule has 0 saturated heterocycles. The fraction of sp³-hybridized carbons (Fsp3) is 0.500. The van der Waals surface area contributed by atoms with Gasteiger partial charge in [-0.1, -0.05) is 25.4 Å². The Morgan fingerprint density at radius 3 is 2.39 bits per heavy atom. The molecule has 0 aliphatic rings. The van der Waals surface area contributed by atoms with Crippen molar-refractivity contribution < 1.29 is 4.79 Å². The Hall–Kier alpha value is -1.22. The maximum Gasteiger partial charge on any atom is 0.254 e. The highest BCUT2D eigenvalue weighted by Gasteiger charge is 2.14. The van der Waals surface area contributed by atoms with Gasteiger partial charge >= 0.3 is 0 Å². The Balaban J connectivity index is 2.97. The number of hydrogen-bond acceptors (Lipinski definition) is 2. The Morgan fingerprint density at radius 1 is 1.28 bits per heavy atom. The van der Waals surface area contributed by atoms with Crippen LogP contribution in [0.5, 0.6) is 0 Å². The summed E-state index contributed by atoms with van der Waals surface area (Å²) in [6, 6.07) is 5.80. The van der Waals surface area contributed by atoms with Crippen molar-refractivity contribution in [3.63, 3.8) is 0 Å². The lowest BCUT2D eigenvalue weighted by Gasteiger charge is -2.20. The standard InChI is InChI=1S/C14H21ClN2O/c1-9(2)10(3)16-11-6-7-13(15)12(8-11)14(18)17(4)5/h6-10,16H,1-5H3. The summed E-state index contributed by atoms with van der Waals surface area (Å²) in [5.41, 5.74) is 1.45. The smallest absolute Gasteiger partial charge is 0.254 e. The van der Waals surface area contributed by atoms with Crippen molar-refractivity contribution in [1.82, 2.24) is 4.90 Å². The number of amides is 1. The second-order valence-electron chi connectivity index (χ2n) is 5.07. The van der Waals surface area contributed by atoms with E-state index in [4.69, 9.17) is 11.6 Å². The van der Waals surface area contributed by atoms with Gasteiger partial charge in [0.05, 0.1) is 10.6 Å². The number of anilines is 1. The van der Waals surface area contributed by atoms with Gasteiger partial charge in [0.1, 0.15) is 0 Å². The number of nitrogens with zero attached hydrogens (tertiary/aromatic N) is 1. The molecule has 0 saturated carbocycles. The van der Waals surface area contributed by atoms with Crippen molar-refractivity contribution in [1.29, 1.82) is 0 Å². The molecule has 3 nitrogen and oxygen atoms in total. The molecule has 0 fully saturated rings. The van der Waals surface area contributed by atoms with Crippen LogP contribution in [0.25, 0.3) is 0 Å². The Bertz CT molecular complexity index is 430. The normalized spacial score (nSPS) is 12.4. The monoisotopic (exact) mass is 268 g/mol. The van der Waals surface area contributed by atoms with Gasteiger partial charge in [0.15, 0.2) is 0 Å². The van der Waals surface area contributed by atoms with Gasteiger partial charge in [-0.15, -0.1) is 0 Å². The van der Waals surface area contributed by atoms with E-state index in [0.717, 1.165) is 5.69 Å². The zero-order valence-electron chi connectivity index (χ0n) is 11.6. The minimum atomic E-state index is -0.0825. The predicted molar refractivity (Wildman–Crippen MR) is 77.4 cm³/mol. The summed E-state index contributed by atoms with van der Waals surface area (Å²) in [6.07, 6.45) is 0. The molecule has 1 aromatic rings. The number of halogens is 1. The third-order valence-electron chi connectivity index (χ3n) is 3.00. The summed E-state index contributed by atoms with van der Waals surface area (Å²) in [4.78, 5) is 13.5. The minimum Gasteiger partial charge on any atom is -0.382 e. The lowest BCUT2D eigenvalue weighted by molar-refractivity contribution is 0.0828. The quantitative estimate of drug-likeness (QED) is 0.907. The van der Waals surface area contributed by atoms with Crippen molar-refractivity contribution in [3.8, 4) is 0 Å². The molecule has 0 radical (unpaired) electrons. The first-order chi connectivity index (χ1) is 8.32. The van der Waals surface area contributed by atoms with E-state index in [0.29, 0.717) is 22.5 Å². The first-order valence-electron chi connectivity index (χ1n) is 6.10. The second kappa shape index (κ2) is 6.10. The molecule has 0 bridgehead atoms. The van der Waals surface area contributed by atoms with E-state index in [-0.39, 0.29) is 5.91 Å². The molecule has 0 aromatic heterocycles. The van der Waals surface area contributed by atoms with Gasteiger partial charge in [0, 0.05) is 25.8 Å². The molecule has 0 heterocycles. The number of nitrogens with one attached hydrogen (secondary N) is 1. The summed E-state index contributed by atoms with van der Waals surface area (Å²) in [7, 11) is 3.44. The van der Waals surface area contributed by atoms with Crippen LogP contribution >= 0.6 is 11.6 Å². The molecule has 4 heteroatoms. The molecule has 18 heavy (non-hydrogen) atoms. The number of carbonyl (C=O) groups excluding carboxylic acids is 1. The molecular formula is C14H21ClN2O. The lowest BCUT2D eigenvalue weighted by atomic mass is 10.1. The van der Waals surface area contributed by atoms with E-state index in [1.165, 1.54) is 4.90 Å². The second-order valence-corrected chi connectivity index (χ2v) is 5.48. The van der Waals surface area contributed by atoms with Crippen LogP contribution < -0.4 is 5.32 Å². The zero-order valence-corrected chi connectivity index (χ0v) is 12.4. The van der Waals surface area contributed by atoms with Crippen LogP contribution in [-0.4, -0.2) is 30.9 Å². The molecule has 0 aliphatic heterocycles. The van der Waals surface area contributed by atoms with Crippen molar-refractivity contribution in [3.05, 3.63) is 28.8 Å². The van der Waals surface area contributed by atoms with Crippen LogP contribution in [0.2, 0.25) is 5.02 Å². The van der Waals surface area contributed by atoms with Crippen LogP contribution in [0.15, 0.2) is 18.2 Å². The average Bonchev–Trinajstić information content (AvgIpc) is 2.30. The molecule has 0 spiro atoms. The average molecular weight is 269 g/mol. The third-order valence-corrected chi connectivity index (χ3v) is 3.33. The lowest BCUT2D eigenvalue weighted by Crippen LogP contribution is -2.24. The van der Waals surface area contributed by atoms with Crippen molar-refractivity contribution in [2.45, 2.75) is 26.8 Å². The highest BCUT2D eigenvalue weighted by atomic mass is 35.5. The SMILES string of the molecule is CC(C)C(C)Nc1ccc(Cl)c(C(=O)N(C)C)c1. The fourth-order valence-corrected chi connectivity index (χ4v) is 1.65. The number of rotatable bonds is 4. The summed E-state index contributed by atoms with van der Waals surface area (Å²) in [6.45, 7) is 6.42. The van der Waals surface area contributed by atoms with Crippen molar-refractivity contribution >= 4 is 23.2 Å². The van der Waals surface area contributed by atoms with Crippen molar-refractivity contribution in [2.24, 2.45) is 5.92 Å². The topological polar surface area (TPSA) is 32.3 Å². The summed E-state index contributed by atoms with van der Waals surface area (Å²) < 4.78 is 0. The molecule has 1 amide bonds. The highest BCUT2D eigenvalue weighted by molar-refractivity contribution is 6.34. The van der Waals surface area contributed by atoms with Gasteiger partial charge in [-0.3, -0.25) is 4.79 Å². The number of hydrogen-bond donors (Lipinski definition) is 1. The van der Waals surface area contributed by atoms with Gasteiger partial charge in [-0.2, -0.15) is 0 Å². The highest BCUT2D eigenvalue weighted by Crippen LogP contribution is 2.22. The van der Waals surface area contributed by atoms with Gasteiger partial charge in [0.25, 0.3) is 5.91 Å². The largest absolute Gasteiger partial charge is 0.382 e. The molecule has 0 aliphatic carbocycles. The number of benzene rings is 1. The van der Waals surface area contributed by atoms with Gasteiger partial charge in [0.2, 0.25) is 0 Å². The maximum atomic E-state index is 12.0. The first-order valence-corrected chi connectivity index (χ1v) is 6.48. The van der Waals surface area contributed by atoms with Crippen LogP contribution in [0, 0.1) is 5.92 Å².